The Labute approximate surface area is 179 Å². The molecular weight excluding hydrogens is 429 g/mol. The van der Waals surface area contributed by atoms with Gasteiger partial charge in [0, 0.05) is 22.9 Å². The van der Waals surface area contributed by atoms with Crippen LogP contribution in [0.4, 0.5) is 13.2 Å². The van der Waals surface area contributed by atoms with E-state index in [2.05, 4.69) is 25.4 Å². The number of tetrazole rings is 1. The van der Waals surface area contributed by atoms with Gasteiger partial charge < -0.3 is 4.74 Å². The zero-order chi connectivity index (χ0) is 22.0. The van der Waals surface area contributed by atoms with Crippen LogP contribution in [0.2, 0.25) is 0 Å². The first kappa shape index (κ1) is 20.8. The van der Waals surface area contributed by atoms with Crippen LogP contribution in [0.15, 0.2) is 64.8 Å². The Bertz CT molecular complexity index is 1210. The molecule has 0 spiro atoms. The summed E-state index contributed by atoms with van der Waals surface area (Å²) in [6.45, 7) is 0. The van der Waals surface area contributed by atoms with E-state index in [0.717, 1.165) is 17.7 Å². The van der Waals surface area contributed by atoms with Crippen molar-refractivity contribution in [2.24, 2.45) is 7.05 Å². The van der Waals surface area contributed by atoms with E-state index in [4.69, 9.17) is 4.74 Å². The van der Waals surface area contributed by atoms with Gasteiger partial charge in [-0.3, -0.25) is 4.98 Å². The zero-order valence-electron chi connectivity index (χ0n) is 16.3. The van der Waals surface area contributed by atoms with Crippen LogP contribution in [-0.4, -0.2) is 37.3 Å². The highest BCUT2D eigenvalue weighted by Gasteiger charge is 2.30. The molecule has 0 atom stereocenters. The zero-order valence-corrected chi connectivity index (χ0v) is 17.1. The third-order valence-corrected chi connectivity index (χ3v) is 5.28. The molecule has 0 aliphatic carbocycles. The summed E-state index contributed by atoms with van der Waals surface area (Å²) in [5, 5.41) is 12.7. The minimum absolute atomic E-state index is 0.391. The molecule has 0 radical (unpaired) electrons. The van der Waals surface area contributed by atoms with Gasteiger partial charge in [-0.25, -0.2) is 4.98 Å². The predicted molar refractivity (Wildman–Crippen MR) is 107 cm³/mol. The lowest BCUT2D eigenvalue weighted by Crippen LogP contribution is -2.03. The van der Waals surface area contributed by atoms with Crippen molar-refractivity contribution < 1.29 is 17.9 Å². The predicted octanol–water partition coefficient (Wildman–Crippen LogP) is 4.51. The highest BCUT2D eigenvalue weighted by Crippen LogP contribution is 2.38. The van der Waals surface area contributed by atoms with Gasteiger partial charge in [0.05, 0.1) is 25.3 Å². The molecule has 0 aliphatic rings. The molecule has 0 fully saturated rings. The second kappa shape index (κ2) is 8.34. The van der Waals surface area contributed by atoms with Crippen molar-refractivity contribution in [1.82, 2.24) is 30.2 Å². The lowest BCUT2D eigenvalue weighted by molar-refractivity contribution is -0.137. The maximum absolute atomic E-state index is 12.8. The SMILES string of the molecule is COc1ccc(-c2nccnc2Sc2ccc(C(F)(F)F)cc2)cc1-c1nnn(C)n1. The highest BCUT2D eigenvalue weighted by molar-refractivity contribution is 7.99. The summed E-state index contributed by atoms with van der Waals surface area (Å²) in [7, 11) is 3.21. The van der Waals surface area contributed by atoms with Crippen LogP contribution in [0, 0.1) is 0 Å². The number of ether oxygens (including phenoxy) is 1. The van der Waals surface area contributed by atoms with Gasteiger partial charge in [-0.15, -0.1) is 10.2 Å². The molecule has 0 saturated heterocycles. The molecule has 0 bridgehead atoms. The third-order valence-electron chi connectivity index (χ3n) is 4.28. The number of nitrogens with zero attached hydrogens (tertiary/aromatic N) is 6. The van der Waals surface area contributed by atoms with E-state index in [0.29, 0.717) is 32.8 Å². The van der Waals surface area contributed by atoms with Crippen molar-refractivity contribution in [3.05, 3.63) is 60.4 Å². The highest BCUT2D eigenvalue weighted by atomic mass is 32.2. The number of aryl methyl sites for hydroxylation is 1. The second-order valence-electron chi connectivity index (χ2n) is 6.35. The maximum Gasteiger partial charge on any atom is 0.416 e. The van der Waals surface area contributed by atoms with Gasteiger partial charge in [-0.05, 0) is 47.7 Å². The molecule has 0 amide bonds. The van der Waals surface area contributed by atoms with Gasteiger partial charge in [0.25, 0.3) is 0 Å². The fraction of sp³-hybridized carbons (Fsp3) is 0.150. The third kappa shape index (κ3) is 4.50. The molecule has 11 heteroatoms. The average Bonchev–Trinajstić information content (AvgIpc) is 3.19. The Kier molecular flexibility index (Phi) is 5.59. The van der Waals surface area contributed by atoms with Gasteiger partial charge in [0.1, 0.15) is 16.5 Å². The molecule has 0 saturated carbocycles. The minimum Gasteiger partial charge on any atom is -0.496 e. The first-order valence-corrected chi connectivity index (χ1v) is 9.75. The summed E-state index contributed by atoms with van der Waals surface area (Å²) in [5.74, 6) is 0.958. The van der Waals surface area contributed by atoms with Crippen molar-refractivity contribution >= 4 is 11.8 Å². The van der Waals surface area contributed by atoms with Gasteiger partial charge in [-0.2, -0.15) is 18.0 Å². The second-order valence-corrected chi connectivity index (χ2v) is 7.41. The first-order valence-electron chi connectivity index (χ1n) is 8.94. The number of aromatic nitrogens is 6. The number of halogens is 3. The van der Waals surface area contributed by atoms with Crippen LogP contribution >= 0.6 is 11.8 Å². The molecule has 0 aliphatic heterocycles. The molecule has 4 rings (SSSR count). The lowest BCUT2D eigenvalue weighted by Gasteiger charge is -2.11. The minimum atomic E-state index is -4.38. The van der Waals surface area contributed by atoms with Crippen molar-refractivity contribution in [1.29, 1.82) is 0 Å². The van der Waals surface area contributed by atoms with E-state index < -0.39 is 11.7 Å². The first-order chi connectivity index (χ1) is 14.8. The van der Waals surface area contributed by atoms with E-state index in [1.807, 2.05) is 12.1 Å². The average molecular weight is 444 g/mol. The van der Waals surface area contributed by atoms with Crippen LogP contribution in [0.1, 0.15) is 5.56 Å². The molecule has 2 aromatic carbocycles. The quantitative estimate of drug-likeness (QED) is 0.448. The van der Waals surface area contributed by atoms with Gasteiger partial charge in [-0.1, -0.05) is 11.8 Å². The number of hydrogen-bond donors (Lipinski definition) is 0. The topological polar surface area (TPSA) is 78.6 Å². The number of rotatable bonds is 5. The van der Waals surface area contributed by atoms with Gasteiger partial charge in [0.2, 0.25) is 5.82 Å². The normalized spacial score (nSPS) is 11.5. The Hall–Kier alpha value is -3.47. The van der Waals surface area contributed by atoms with Gasteiger partial charge in [0.15, 0.2) is 0 Å². The van der Waals surface area contributed by atoms with Gasteiger partial charge >= 0.3 is 6.18 Å². The molecule has 0 unspecified atom stereocenters. The summed E-state index contributed by atoms with van der Waals surface area (Å²) >= 11 is 1.22. The number of alkyl halides is 3. The molecule has 31 heavy (non-hydrogen) atoms. The van der Waals surface area contributed by atoms with E-state index in [-0.39, 0.29) is 0 Å². The summed E-state index contributed by atoms with van der Waals surface area (Å²) in [5.41, 5.74) is 1.22. The fourth-order valence-electron chi connectivity index (χ4n) is 2.84. The van der Waals surface area contributed by atoms with Crippen LogP contribution in [0.5, 0.6) is 5.75 Å². The Morgan fingerprint density at radius 1 is 1.00 bits per heavy atom. The van der Waals surface area contributed by atoms with Crippen molar-refractivity contribution in [2.45, 2.75) is 16.1 Å². The summed E-state index contributed by atoms with van der Waals surface area (Å²) in [4.78, 5) is 10.8. The molecular formula is C20H15F3N6OS. The van der Waals surface area contributed by atoms with E-state index in [1.54, 1.807) is 26.4 Å². The van der Waals surface area contributed by atoms with E-state index in [9.17, 15) is 13.2 Å². The van der Waals surface area contributed by atoms with E-state index in [1.165, 1.54) is 34.9 Å². The van der Waals surface area contributed by atoms with Crippen LogP contribution in [-0.2, 0) is 13.2 Å². The lowest BCUT2D eigenvalue weighted by atomic mass is 10.1. The molecule has 2 heterocycles. The summed E-state index contributed by atoms with van der Waals surface area (Å²) in [6, 6.07) is 10.3. The Morgan fingerprint density at radius 3 is 2.39 bits per heavy atom. The largest absolute Gasteiger partial charge is 0.496 e. The Morgan fingerprint density at radius 2 is 1.74 bits per heavy atom. The number of methoxy groups -OCH3 is 1. The standard InChI is InChI=1S/C20H15F3N6OS/c1-29-27-18(26-28-29)15-11-12(3-8-16(15)30-2)17-19(25-10-9-24-17)31-14-6-4-13(5-7-14)20(21,22)23/h3-11H,1-2H3. The number of benzene rings is 2. The van der Waals surface area contributed by atoms with Crippen LogP contribution < -0.4 is 4.74 Å². The van der Waals surface area contributed by atoms with Crippen molar-refractivity contribution in [3.8, 4) is 28.4 Å². The van der Waals surface area contributed by atoms with Crippen LogP contribution in [0.25, 0.3) is 22.6 Å². The molecule has 0 N–H and O–H groups in total. The molecule has 158 valence electrons. The maximum atomic E-state index is 12.8. The molecule has 2 aromatic heterocycles. The Balaban J connectivity index is 1.70. The summed E-state index contributed by atoms with van der Waals surface area (Å²) < 4.78 is 43.9. The monoisotopic (exact) mass is 444 g/mol. The molecule has 7 nitrogen and oxygen atoms in total. The number of hydrogen-bond acceptors (Lipinski definition) is 7. The molecule has 4 aromatic rings. The fourth-order valence-corrected chi connectivity index (χ4v) is 3.72. The van der Waals surface area contributed by atoms with E-state index >= 15 is 0 Å². The van der Waals surface area contributed by atoms with Crippen molar-refractivity contribution in [2.75, 3.05) is 7.11 Å². The van der Waals surface area contributed by atoms with Crippen LogP contribution in [0.3, 0.4) is 0 Å². The van der Waals surface area contributed by atoms with Crippen molar-refractivity contribution in [3.63, 3.8) is 0 Å². The smallest absolute Gasteiger partial charge is 0.416 e. The summed E-state index contributed by atoms with van der Waals surface area (Å²) in [6.07, 6.45) is -1.30.